The van der Waals surface area contributed by atoms with E-state index in [1.807, 2.05) is 30.5 Å². The van der Waals surface area contributed by atoms with Gasteiger partial charge in [0, 0.05) is 41.1 Å². The second kappa shape index (κ2) is 12.9. The van der Waals surface area contributed by atoms with Gasteiger partial charge in [0.05, 0.1) is 33.7 Å². The molecule has 0 radical (unpaired) electrons. The molecule has 0 aliphatic carbocycles. The fourth-order valence-corrected chi connectivity index (χ4v) is 9.45. The van der Waals surface area contributed by atoms with E-state index in [4.69, 9.17) is 4.74 Å². The molecule has 1 aliphatic heterocycles. The van der Waals surface area contributed by atoms with Crippen LogP contribution in [-0.2, 0) is 26.8 Å². The van der Waals surface area contributed by atoms with Crippen LogP contribution in [0.4, 0.5) is 5.69 Å². The number of aryl methyl sites for hydroxylation is 2. The topological polar surface area (TPSA) is 128 Å². The number of ether oxygens (including phenoxy) is 1. The molecule has 1 aliphatic rings. The van der Waals surface area contributed by atoms with Gasteiger partial charge in [0.25, 0.3) is 15.1 Å². The van der Waals surface area contributed by atoms with Crippen molar-refractivity contribution >= 4 is 86.7 Å². The highest BCUT2D eigenvalue weighted by atomic mass is 32.2. The van der Waals surface area contributed by atoms with Crippen LogP contribution in [0.3, 0.4) is 0 Å². The summed E-state index contributed by atoms with van der Waals surface area (Å²) in [6, 6.07) is 10.2. The van der Waals surface area contributed by atoms with Crippen LogP contribution in [0.2, 0.25) is 0 Å². The van der Waals surface area contributed by atoms with Crippen molar-refractivity contribution in [3.05, 3.63) is 63.0 Å². The van der Waals surface area contributed by atoms with Gasteiger partial charge in [-0.15, -0.1) is 11.3 Å². The summed E-state index contributed by atoms with van der Waals surface area (Å²) < 4.78 is 76.1. The Bertz CT molecular complexity index is 1960. The fraction of sp³-hybridized carbons (Fsp3) is 0.345. The van der Waals surface area contributed by atoms with Crippen molar-refractivity contribution in [3.63, 3.8) is 0 Å². The molecule has 0 saturated heterocycles. The second-order valence-corrected chi connectivity index (χ2v) is 16.4. The predicted octanol–water partition coefficient (Wildman–Crippen LogP) is 6.18. The lowest BCUT2D eigenvalue weighted by Crippen LogP contribution is -2.36. The number of aromatic nitrogens is 1. The standard InChI is InChI=1S/C29H32N2O7S5/c1-4-20(16-26-30(10-5-13-42(32,33)34)22-15-19(2)7-8-24(22)40-26)17-27-31(11-6-14-43(35,36)37)28-25(41-27)18-23(38-3)21-9-12-39-29(21)28/h7-9,12,15-18H,4-6,10-11,13-14H2,1-3H3,(H-,32,33,34,35,36,37). The molecule has 0 fully saturated rings. The van der Waals surface area contributed by atoms with Crippen LogP contribution in [0.1, 0.15) is 36.8 Å². The smallest absolute Gasteiger partial charge is 0.264 e. The van der Waals surface area contributed by atoms with Gasteiger partial charge in [-0.25, -0.2) is 8.42 Å². The number of anilines is 1. The summed E-state index contributed by atoms with van der Waals surface area (Å²) in [5, 5.41) is 4.86. The van der Waals surface area contributed by atoms with E-state index in [0.29, 0.717) is 19.5 Å². The van der Waals surface area contributed by atoms with E-state index in [1.165, 1.54) is 0 Å². The first kappa shape index (κ1) is 31.9. The molecular formula is C29H32N2O7S5. The summed E-state index contributed by atoms with van der Waals surface area (Å²) in [6.07, 6.45) is 5.37. The maximum absolute atomic E-state index is 11.4. The van der Waals surface area contributed by atoms with Crippen molar-refractivity contribution in [1.82, 2.24) is 0 Å². The quantitative estimate of drug-likeness (QED) is 0.138. The van der Waals surface area contributed by atoms with Gasteiger partial charge in [-0.2, -0.15) is 13.0 Å². The Labute approximate surface area is 264 Å². The molecule has 43 heavy (non-hydrogen) atoms. The minimum atomic E-state index is -4.35. The number of fused-ring (bicyclic) bond motifs is 4. The molecule has 14 heteroatoms. The van der Waals surface area contributed by atoms with Gasteiger partial charge in [0.2, 0.25) is 5.52 Å². The molecule has 2 aromatic heterocycles. The number of hydrogen-bond acceptors (Lipinski definition) is 10. The van der Waals surface area contributed by atoms with Crippen molar-refractivity contribution in [3.8, 4) is 5.75 Å². The number of methoxy groups -OCH3 is 1. The van der Waals surface area contributed by atoms with Gasteiger partial charge in [-0.1, -0.05) is 36.1 Å². The van der Waals surface area contributed by atoms with E-state index >= 15 is 0 Å². The van der Waals surface area contributed by atoms with Crippen LogP contribution in [0.25, 0.3) is 26.4 Å². The van der Waals surface area contributed by atoms with Gasteiger partial charge in [0.15, 0.2) is 6.54 Å². The molecule has 0 amide bonds. The highest BCUT2D eigenvalue weighted by Gasteiger charge is 2.27. The van der Waals surface area contributed by atoms with Gasteiger partial charge >= 0.3 is 0 Å². The first-order valence-electron chi connectivity index (χ1n) is 13.6. The molecular weight excluding hydrogens is 649 g/mol. The highest BCUT2D eigenvalue weighted by molar-refractivity contribution is 8.03. The SMILES string of the molecule is CCC(=Cc1sc2cc(OC)c3ccsc3c2[n+]1CCCS(=O)(=O)[O-])C=C1Sc2ccc(C)cc2N1CCCS(=O)(=O)O. The number of thioether (sulfide) groups is 1. The van der Waals surface area contributed by atoms with E-state index < -0.39 is 26.0 Å². The number of benzene rings is 2. The molecule has 2 aromatic carbocycles. The van der Waals surface area contributed by atoms with Crippen LogP contribution in [0.15, 0.2) is 57.3 Å². The number of nitrogens with zero attached hydrogens (tertiary/aromatic N) is 2. The Morgan fingerprint density at radius 3 is 2.63 bits per heavy atom. The largest absolute Gasteiger partial charge is 0.748 e. The van der Waals surface area contributed by atoms with E-state index in [1.54, 1.807) is 41.5 Å². The van der Waals surface area contributed by atoms with Crippen LogP contribution in [-0.4, -0.2) is 51.1 Å². The molecule has 0 unspecified atom stereocenters. The average molecular weight is 681 g/mol. The monoisotopic (exact) mass is 680 g/mol. The zero-order valence-electron chi connectivity index (χ0n) is 23.9. The van der Waals surface area contributed by atoms with Crippen molar-refractivity contribution in [2.24, 2.45) is 0 Å². The van der Waals surface area contributed by atoms with Crippen molar-refractivity contribution in [1.29, 1.82) is 0 Å². The predicted molar refractivity (Wildman–Crippen MR) is 175 cm³/mol. The lowest BCUT2D eigenvalue weighted by atomic mass is 10.1. The second-order valence-electron chi connectivity index (χ2n) is 10.2. The third-order valence-electron chi connectivity index (χ3n) is 7.08. The molecule has 0 bridgehead atoms. The minimum absolute atomic E-state index is 0.191. The normalized spacial score (nSPS) is 15.2. The molecule has 230 valence electrons. The van der Waals surface area contributed by atoms with E-state index in [0.717, 1.165) is 57.8 Å². The van der Waals surface area contributed by atoms with E-state index in [-0.39, 0.29) is 18.6 Å². The summed E-state index contributed by atoms with van der Waals surface area (Å²) in [6.45, 7) is 4.86. The number of hydrogen-bond donors (Lipinski definition) is 1. The van der Waals surface area contributed by atoms with E-state index in [2.05, 4.69) is 40.7 Å². The van der Waals surface area contributed by atoms with Crippen LogP contribution in [0.5, 0.6) is 5.75 Å². The summed E-state index contributed by atoms with van der Waals surface area (Å²) in [7, 11) is -6.77. The molecule has 5 rings (SSSR count). The summed E-state index contributed by atoms with van der Waals surface area (Å²) in [5.41, 5.74) is 4.11. The lowest BCUT2D eigenvalue weighted by Gasteiger charge is -2.21. The summed E-state index contributed by atoms with van der Waals surface area (Å²) in [4.78, 5) is 3.17. The van der Waals surface area contributed by atoms with E-state index in [9.17, 15) is 25.9 Å². The Morgan fingerprint density at radius 2 is 1.93 bits per heavy atom. The first-order valence-corrected chi connectivity index (χ1v) is 19.3. The van der Waals surface area contributed by atoms with Gasteiger partial charge in [-0.3, -0.25) is 4.55 Å². The number of rotatable bonds is 12. The summed E-state index contributed by atoms with van der Waals surface area (Å²) >= 11 is 4.78. The average Bonchev–Trinajstić information content (AvgIpc) is 3.62. The lowest BCUT2D eigenvalue weighted by molar-refractivity contribution is -0.667. The Morgan fingerprint density at radius 1 is 1.14 bits per heavy atom. The van der Waals surface area contributed by atoms with Crippen molar-refractivity contribution in [2.45, 2.75) is 44.6 Å². The summed E-state index contributed by atoms with van der Waals surface area (Å²) in [5.74, 6) is 0.00565. The van der Waals surface area contributed by atoms with Crippen LogP contribution < -0.4 is 14.2 Å². The fourth-order valence-electron chi connectivity index (χ4n) is 5.09. The van der Waals surface area contributed by atoms with Crippen molar-refractivity contribution < 1.29 is 35.2 Å². The molecule has 1 N–H and O–H groups in total. The minimum Gasteiger partial charge on any atom is -0.748 e. The molecule has 0 saturated carbocycles. The number of thiazole rings is 1. The maximum atomic E-state index is 11.4. The zero-order valence-corrected chi connectivity index (χ0v) is 28.0. The van der Waals surface area contributed by atoms with Crippen molar-refractivity contribution in [2.75, 3.05) is 30.1 Å². The maximum Gasteiger partial charge on any atom is 0.264 e. The molecule has 9 nitrogen and oxygen atoms in total. The molecule has 3 heterocycles. The van der Waals surface area contributed by atoms with Gasteiger partial charge < -0.3 is 14.2 Å². The Hall–Kier alpha value is -2.46. The Kier molecular flexibility index (Phi) is 9.57. The first-order chi connectivity index (χ1) is 20.4. The number of thiophene rings is 1. The molecule has 0 atom stereocenters. The molecule has 0 spiro atoms. The van der Waals surface area contributed by atoms with Gasteiger partial charge in [0.1, 0.15) is 15.1 Å². The van der Waals surface area contributed by atoms with Gasteiger partial charge in [-0.05, 0) is 60.6 Å². The third-order valence-corrected chi connectivity index (χ3v) is 11.8. The Balaban J connectivity index is 1.58. The molecule has 4 aromatic rings. The van der Waals surface area contributed by atoms with Crippen LogP contribution >= 0.6 is 34.4 Å². The zero-order chi connectivity index (χ0) is 30.9. The third kappa shape index (κ3) is 7.44. The highest BCUT2D eigenvalue weighted by Crippen LogP contribution is 2.47. The number of allylic oxidation sites excluding steroid dienone is 2. The van der Waals surface area contributed by atoms with Crippen LogP contribution in [0, 0.1) is 6.92 Å².